The van der Waals surface area contributed by atoms with Crippen LogP contribution >= 0.6 is 11.8 Å². The summed E-state index contributed by atoms with van der Waals surface area (Å²) in [5.74, 6) is -4.76. The molecule has 0 radical (unpaired) electrons. The van der Waals surface area contributed by atoms with Crippen molar-refractivity contribution in [1.29, 1.82) is 0 Å². The van der Waals surface area contributed by atoms with Crippen LogP contribution in [0.3, 0.4) is 0 Å². The number of thioether (sulfide) groups is 1. The van der Waals surface area contributed by atoms with Gasteiger partial charge in [0.05, 0.1) is 26.2 Å². The summed E-state index contributed by atoms with van der Waals surface area (Å²) in [5.41, 5.74) is 1.34. The summed E-state index contributed by atoms with van der Waals surface area (Å²) >= 11 is 1.52. The van der Waals surface area contributed by atoms with Crippen LogP contribution in [0.4, 0.5) is 0 Å². The number of amides is 9. The van der Waals surface area contributed by atoms with Crippen molar-refractivity contribution in [1.82, 2.24) is 52.8 Å². The molecular formula is C44H74N10O9S. The molecule has 1 rings (SSSR count). The molecule has 0 saturated carbocycles. The molecule has 0 bridgehead atoms. The van der Waals surface area contributed by atoms with Crippen LogP contribution < -0.4 is 47.9 Å². The molecular weight excluding hydrogens is 845 g/mol. The number of hydrogen-bond acceptors (Lipinski definition) is 11. The molecule has 0 saturated heterocycles. The number of carbonyl (C=O) groups excluding carboxylic acids is 9. The van der Waals surface area contributed by atoms with Crippen molar-refractivity contribution in [2.75, 3.05) is 64.9 Å². The van der Waals surface area contributed by atoms with Crippen LogP contribution in [0.15, 0.2) is 24.3 Å². The van der Waals surface area contributed by atoms with Gasteiger partial charge in [-0.15, -0.1) is 0 Å². The minimum Gasteiger partial charge on any atom is -0.357 e. The van der Waals surface area contributed by atoms with Crippen molar-refractivity contribution in [3.05, 3.63) is 35.4 Å². The summed E-state index contributed by atoms with van der Waals surface area (Å²) in [5, 5.41) is 22.8. The van der Waals surface area contributed by atoms with Crippen molar-refractivity contribution in [2.24, 2.45) is 5.92 Å². The number of rotatable bonds is 29. The summed E-state index contributed by atoms with van der Waals surface area (Å²) < 4.78 is 0. The molecule has 1 unspecified atom stereocenters. The molecule has 0 fully saturated rings. The van der Waals surface area contributed by atoms with Gasteiger partial charge in [-0.25, -0.2) is 0 Å². The van der Waals surface area contributed by atoms with Crippen LogP contribution in [0.5, 0.6) is 0 Å². The molecule has 1 aromatic carbocycles. The second-order valence-electron chi connectivity index (χ2n) is 16.9. The Hall–Kier alpha value is -5.24. The smallest absolute Gasteiger partial charge is 0.251 e. The van der Waals surface area contributed by atoms with E-state index in [1.165, 1.54) is 25.7 Å². The summed E-state index contributed by atoms with van der Waals surface area (Å²) in [4.78, 5) is 118. The molecule has 0 aliphatic heterocycles. The molecule has 0 aromatic heterocycles. The third kappa shape index (κ3) is 22.9. The third-order valence-corrected chi connectivity index (χ3v) is 10.7. The van der Waals surface area contributed by atoms with Crippen LogP contribution in [-0.4, -0.2) is 147 Å². The first-order valence-corrected chi connectivity index (χ1v) is 23.4. The lowest BCUT2D eigenvalue weighted by Crippen LogP contribution is -2.57. The van der Waals surface area contributed by atoms with Gasteiger partial charge in [-0.3, -0.25) is 43.2 Å². The standard InChI is InChI=1S/C44H74N10O9S/c1-11-54(12-2)21-14-13-15-32(42(62)49-25-36(56)46-24-35(55)47-26-38(58)51-33(20-22-64-10)41(61)45-9)52-43(63)34(23-28(3)4)53-39(59)29(5)50-37(57)27-48-40(60)30-16-18-31(19-17-30)44(6,7)8/h16-19,28-29,32-34H,11-15,20-27H2,1-10H3,(H,45,61)(H,46,56)(H,47,55)(H,48,60)(H,49,62)(H,50,57)(H,51,58)(H,52,63)(H,53,59)/t29-,32-,33-,34?/m0/s1. The highest BCUT2D eigenvalue weighted by Gasteiger charge is 2.29. The average Bonchev–Trinajstić information content (AvgIpc) is 3.25. The van der Waals surface area contributed by atoms with Gasteiger partial charge in [-0.2, -0.15) is 11.8 Å². The van der Waals surface area contributed by atoms with Crippen molar-refractivity contribution in [3.8, 4) is 0 Å². The van der Waals surface area contributed by atoms with Gasteiger partial charge in [-0.05, 0) is 99.7 Å². The van der Waals surface area contributed by atoms with E-state index in [1.807, 2.05) is 46.1 Å². The lowest BCUT2D eigenvalue weighted by molar-refractivity contribution is -0.134. The fraction of sp³-hybridized carbons (Fsp3) is 0.659. The Balaban J connectivity index is 2.86. The molecule has 20 heteroatoms. The van der Waals surface area contributed by atoms with Crippen molar-refractivity contribution in [3.63, 3.8) is 0 Å². The van der Waals surface area contributed by atoms with E-state index < -0.39 is 91.1 Å². The maximum Gasteiger partial charge on any atom is 0.251 e. The minimum absolute atomic E-state index is 0.0605. The van der Waals surface area contributed by atoms with Crippen LogP contribution in [0.25, 0.3) is 0 Å². The molecule has 9 amide bonds. The van der Waals surface area contributed by atoms with Crippen LogP contribution in [0.1, 0.15) is 103 Å². The van der Waals surface area contributed by atoms with Gasteiger partial charge < -0.3 is 52.8 Å². The van der Waals surface area contributed by atoms with Crippen LogP contribution in [-0.2, 0) is 43.8 Å². The number of hydrogen-bond donors (Lipinski definition) is 9. The zero-order valence-electron chi connectivity index (χ0n) is 39.4. The van der Waals surface area contributed by atoms with Gasteiger partial charge >= 0.3 is 0 Å². The highest BCUT2D eigenvalue weighted by atomic mass is 32.2. The fourth-order valence-corrected chi connectivity index (χ4v) is 6.68. The van der Waals surface area contributed by atoms with Gasteiger partial charge in [0.1, 0.15) is 24.2 Å². The first kappa shape index (κ1) is 56.8. The monoisotopic (exact) mass is 919 g/mol. The molecule has 360 valence electrons. The second kappa shape index (κ2) is 30.0. The number of unbranched alkanes of at least 4 members (excludes halogenated alkanes) is 1. The zero-order valence-corrected chi connectivity index (χ0v) is 40.2. The normalized spacial score (nSPS) is 13.1. The van der Waals surface area contributed by atoms with E-state index >= 15 is 0 Å². The number of carbonyl (C=O) groups is 9. The average molecular weight is 919 g/mol. The summed E-state index contributed by atoms with van der Waals surface area (Å²) in [6.45, 7) is 16.1. The Morgan fingerprint density at radius 3 is 1.69 bits per heavy atom. The maximum absolute atomic E-state index is 13.8. The Kier molecular flexibility index (Phi) is 26.6. The van der Waals surface area contributed by atoms with Crippen LogP contribution in [0, 0.1) is 5.92 Å². The number of likely N-dealkylation sites (N-methyl/N-ethyl adjacent to an activating group) is 1. The van der Waals surface area contributed by atoms with E-state index in [4.69, 9.17) is 0 Å². The second-order valence-corrected chi connectivity index (χ2v) is 17.8. The highest BCUT2D eigenvalue weighted by molar-refractivity contribution is 7.98. The van der Waals surface area contributed by atoms with E-state index in [9.17, 15) is 43.2 Å². The molecule has 64 heavy (non-hydrogen) atoms. The minimum atomic E-state index is -1.08. The molecule has 4 atom stereocenters. The van der Waals surface area contributed by atoms with E-state index in [2.05, 4.69) is 73.5 Å². The maximum atomic E-state index is 13.8. The zero-order chi connectivity index (χ0) is 48.4. The number of benzene rings is 1. The van der Waals surface area contributed by atoms with Gasteiger partial charge in [-0.1, -0.05) is 60.6 Å². The van der Waals surface area contributed by atoms with Crippen molar-refractivity contribution in [2.45, 2.75) is 117 Å². The molecule has 19 nitrogen and oxygen atoms in total. The Morgan fingerprint density at radius 1 is 0.609 bits per heavy atom. The molecule has 0 aliphatic carbocycles. The first-order chi connectivity index (χ1) is 30.1. The predicted octanol–water partition coefficient (Wildman–Crippen LogP) is 0.0789. The topological polar surface area (TPSA) is 265 Å². The summed E-state index contributed by atoms with van der Waals surface area (Å²) in [6.07, 6.45) is 3.99. The summed E-state index contributed by atoms with van der Waals surface area (Å²) in [6, 6.07) is 3.07. The fourth-order valence-electron chi connectivity index (χ4n) is 6.20. The van der Waals surface area contributed by atoms with E-state index in [0.717, 1.165) is 31.6 Å². The van der Waals surface area contributed by atoms with Crippen molar-refractivity contribution < 1.29 is 43.2 Å². The molecule has 0 spiro atoms. The van der Waals surface area contributed by atoms with Gasteiger partial charge in [0, 0.05) is 12.6 Å². The molecule has 0 heterocycles. The lowest BCUT2D eigenvalue weighted by Gasteiger charge is -2.26. The first-order valence-electron chi connectivity index (χ1n) is 22.0. The third-order valence-electron chi connectivity index (χ3n) is 10.1. The van der Waals surface area contributed by atoms with Gasteiger partial charge in [0.2, 0.25) is 47.3 Å². The van der Waals surface area contributed by atoms with E-state index in [0.29, 0.717) is 24.2 Å². The quantitative estimate of drug-likeness (QED) is 0.0486. The Morgan fingerprint density at radius 2 is 1.14 bits per heavy atom. The lowest BCUT2D eigenvalue weighted by atomic mass is 9.87. The van der Waals surface area contributed by atoms with E-state index in [1.54, 1.807) is 12.1 Å². The largest absolute Gasteiger partial charge is 0.357 e. The highest BCUT2D eigenvalue weighted by Crippen LogP contribution is 2.22. The molecule has 1 aromatic rings. The Bertz CT molecular complexity index is 1700. The number of nitrogens with one attached hydrogen (secondary N) is 9. The Labute approximate surface area is 383 Å². The van der Waals surface area contributed by atoms with Gasteiger partial charge in [0.25, 0.3) is 5.91 Å². The van der Waals surface area contributed by atoms with E-state index in [-0.39, 0.29) is 36.6 Å². The van der Waals surface area contributed by atoms with Gasteiger partial charge in [0.15, 0.2) is 0 Å². The van der Waals surface area contributed by atoms with Crippen LogP contribution in [0.2, 0.25) is 0 Å². The number of nitrogens with zero attached hydrogens (tertiary/aromatic N) is 1. The van der Waals surface area contributed by atoms with Crippen molar-refractivity contribution >= 4 is 64.9 Å². The SMILES string of the molecule is CCN(CC)CCCC[C@H](NC(=O)C(CC(C)C)NC(=O)[C@H](C)NC(=O)CNC(=O)c1ccc(C(C)(C)C)cc1)C(=O)NCC(=O)NCC(=O)NCC(=O)N[C@@H](CCSC)C(=O)NC. The molecule has 9 N–H and O–H groups in total. The predicted molar refractivity (Wildman–Crippen MR) is 248 cm³/mol. The molecule has 0 aliphatic rings. The summed E-state index contributed by atoms with van der Waals surface area (Å²) in [7, 11) is 1.46.